The molecule has 0 fully saturated rings. The van der Waals surface area contributed by atoms with Crippen molar-refractivity contribution in [3.63, 3.8) is 0 Å². The fourth-order valence-electron chi connectivity index (χ4n) is 2.15. The van der Waals surface area contributed by atoms with Crippen LogP contribution in [0.2, 0.25) is 5.02 Å². The van der Waals surface area contributed by atoms with Gasteiger partial charge in [0.15, 0.2) is 6.61 Å². The second-order valence-electron chi connectivity index (χ2n) is 5.31. The van der Waals surface area contributed by atoms with E-state index in [9.17, 15) is 9.18 Å². The molecule has 2 rings (SSSR count). The predicted octanol–water partition coefficient (Wildman–Crippen LogP) is 5.01. The molecule has 3 nitrogen and oxygen atoms in total. The first-order valence-corrected chi connectivity index (χ1v) is 7.85. The third-order valence-electron chi connectivity index (χ3n) is 3.62. The van der Waals surface area contributed by atoms with E-state index in [-0.39, 0.29) is 17.5 Å². The number of rotatable bonds is 6. The quantitative estimate of drug-likeness (QED) is 0.805. The van der Waals surface area contributed by atoms with E-state index in [4.69, 9.17) is 16.3 Å². The molecule has 0 unspecified atom stereocenters. The molecule has 1 amide bonds. The molecular formula is C18H19ClFNO2. The highest BCUT2D eigenvalue weighted by Crippen LogP contribution is 2.28. The molecule has 2 aromatic rings. The van der Waals surface area contributed by atoms with Gasteiger partial charge in [-0.05, 0) is 42.2 Å². The molecule has 5 heteroatoms. The SMILES string of the molecule is CC[C@H](C)c1ccccc1OCC(=O)Nc1ccc(F)c(Cl)c1. The van der Waals surface area contributed by atoms with Gasteiger partial charge in [0.25, 0.3) is 5.91 Å². The maximum atomic E-state index is 13.1. The summed E-state index contributed by atoms with van der Waals surface area (Å²) < 4.78 is 18.7. The molecule has 1 atom stereocenters. The summed E-state index contributed by atoms with van der Waals surface area (Å²) in [5.41, 5.74) is 1.51. The number of hydrogen-bond donors (Lipinski definition) is 1. The first-order valence-electron chi connectivity index (χ1n) is 7.48. The highest BCUT2D eigenvalue weighted by Gasteiger charge is 2.11. The lowest BCUT2D eigenvalue weighted by Gasteiger charge is -2.15. The number of halogens is 2. The van der Waals surface area contributed by atoms with Crippen LogP contribution in [0, 0.1) is 5.82 Å². The minimum Gasteiger partial charge on any atom is -0.483 e. The molecule has 23 heavy (non-hydrogen) atoms. The van der Waals surface area contributed by atoms with Crippen molar-refractivity contribution in [3.05, 3.63) is 58.9 Å². The van der Waals surface area contributed by atoms with Crippen LogP contribution >= 0.6 is 11.6 Å². The maximum absolute atomic E-state index is 13.1. The van der Waals surface area contributed by atoms with Gasteiger partial charge in [-0.3, -0.25) is 4.79 Å². The Bertz CT molecular complexity index is 690. The van der Waals surface area contributed by atoms with Crippen LogP contribution in [0.5, 0.6) is 5.75 Å². The highest BCUT2D eigenvalue weighted by atomic mass is 35.5. The molecule has 2 aromatic carbocycles. The Hall–Kier alpha value is -2.07. The molecule has 0 spiro atoms. The number of hydrogen-bond acceptors (Lipinski definition) is 2. The van der Waals surface area contributed by atoms with Crippen molar-refractivity contribution in [3.8, 4) is 5.75 Å². The van der Waals surface area contributed by atoms with Gasteiger partial charge in [-0.1, -0.05) is 43.6 Å². The fraction of sp³-hybridized carbons (Fsp3) is 0.278. The van der Waals surface area contributed by atoms with Crippen molar-refractivity contribution in [2.24, 2.45) is 0 Å². The molecular weight excluding hydrogens is 317 g/mol. The van der Waals surface area contributed by atoms with Crippen molar-refractivity contribution in [1.29, 1.82) is 0 Å². The van der Waals surface area contributed by atoms with Crippen LogP contribution in [-0.4, -0.2) is 12.5 Å². The lowest BCUT2D eigenvalue weighted by atomic mass is 9.98. The van der Waals surface area contributed by atoms with Crippen LogP contribution < -0.4 is 10.1 Å². The summed E-state index contributed by atoms with van der Waals surface area (Å²) in [6.45, 7) is 4.09. The lowest BCUT2D eigenvalue weighted by molar-refractivity contribution is -0.118. The van der Waals surface area contributed by atoms with E-state index in [2.05, 4.69) is 19.2 Å². The topological polar surface area (TPSA) is 38.3 Å². The Morgan fingerprint density at radius 3 is 2.74 bits per heavy atom. The van der Waals surface area contributed by atoms with Gasteiger partial charge in [-0.15, -0.1) is 0 Å². The second kappa shape index (κ2) is 7.97. The Morgan fingerprint density at radius 1 is 1.30 bits per heavy atom. The molecule has 0 radical (unpaired) electrons. The Kier molecular flexibility index (Phi) is 5.99. The molecule has 0 saturated heterocycles. The first kappa shape index (κ1) is 17.3. The molecule has 122 valence electrons. The van der Waals surface area contributed by atoms with Crippen molar-refractivity contribution < 1.29 is 13.9 Å². The summed E-state index contributed by atoms with van der Waals surface area (Å²) in [4.78, 5) is 12.0. The van der Waals surface area contributed by atoms with Crippen LogP contribution in [0.4, 0.5) is 10.1 Å². The Balaban J connectivity index is 1.98. The Morgan fingerprint density at radius 2 is 2.04 bits per heavy atom. The fourth-order valence-corrected chi connectivity index (χ4v) is 2.33. The monoisotopic (exact) mass is 335 g/mol. The van der Waals surface area contributed by atoms with E-state index in [1.54, 1.807) is 0 Å². The number of nitrogens with one attached hydrogen (secondary N) is 1. The molecule has 0 aliphatic heterocycles. The highest BCUT2D eigenvalue weighted by molar-refractivity contribution is 6.31. The zero-order valence-corrected chi connectivity index (χ0v) is 13.9. The summed E-state index contributed by atoms with van der Waals surface area (Å²) in [7, 11) is 0. The van der Waals surface area contributed by atoms with Gasteiger partial charge in [-0.2, -0.15) is 0 Å². The molecule has 0 aromatic heterocycles. The summed E-state index contributed by atoms with van der Waals surface area (Å²) in [6.07, 6.45) is 0.987. The van der Waals surface area contributed by atoms with Crippen LogP contribution in [0.25, 0.3) is 0 Å². The van der Waals surface area contributed by atoms with Gasteiger partial charge in [-0.25, -0.2) is 4.39 Å². The number of ether oxygens (including phenoxy) is 1. The van der Waals surface area contributed by atoms with E-state index in [1.807, 2.05) is 24.3 Å². The minimum absolute atomic E-state index is 0.0363. The average Bonchev–Trinajstić information content (AvgIpc) is 2.56. The molecule has 0 aliphatic rings. The minimum atomic E-state index is -0.525. The average molecular weight is 336 g/mol. The second-order valence-corrected chi connectivity index (χ2v) is 5.72. The van der Waals surface area contributed by atoms with Crippen molar-refractivity contribution in [2.75, 3.05) is 11.9 Å². The molecule has 0 heterocycles. The van der Waals surface area contributed by atoms with Crippen LogP contribution in [0.3, 0.4) is 0 Å². The van der Waals surface area contributed by atoms with E-state index < -0.39 is 5.82 Å². The first-order chi connectivity index (χ1) is 11.0. The standard InChI is InChI=1S/C18H19ClFNO2/c1-3-12(2)14-6-4-5-7-17(14)23-11-18(22)21-13-8-9-16(20)15(19)10-13/h4-10,12H,3,11H2,1-2H3,(H,21,22)/t12-/m0/s1. The summed E-state index contributed by atoms with van der Waals surface area (Å²) in [6, 6.07) is 11.7. The maximum Gasteiger partial charge on any atom is 0.262 e. The van der Waals surface area contributed by atoms with Crippen molar-refractivity contribution in [2.45, 2.75) is 26.2 Å². The number of benzene rings is 2. The molecule has 0 saturated carbocycles. The van der Waals surface area contributed by atoms with Crippen LogP contribution in [0.15, 0.2) is 42.5 Å². The van der Waals surface area contributed by atoms with Gasteiger partial charge < -0.3 is 10.1 Å². The zero-order chi connectivity index (χ0) is 16.8. The van der Waals surface area contributed by atoms with Crippen LogP contribution in [-0.2, 0) is 4.79 Å². The molecule has 0 aliphatic carbocycles. The summed E-state index contributed by atoms with van der Waals surface area (Å²) in [5.74, 6) is 0.203. The third-order valence-corrected chi connectivity index (χ3v) is 3.91. The number of carbonyl (C=O) groups excluding carboxylic acids is 1. The summed E-state index contributed by atoms with van der Waals surface area (Å²) >= 11 is 5.68. The Labute approximate surface area is 140 Å². The van der Waals surface area contributed by atoms with Crippen molar-refractivity contribution in [1.82, 2.24) is 0 Å². The smallest absolute Gasteiger partial charge is 0.262 e. The van der Waals surface area contributed by atoms with E-state index in [1.165, 1.54) is 18.2 Å². The zero-order valence-electron chi connectivity index (χ0n) is 13.1. The lowest BCUT2D eigenvalue weighted by Crippen LogP contribution is -2.20. The molecule has 0 bridgehead atoms. The van der Waals surface area contributed by atoms with Gasteiger partial charge in [0.1, 0.15) is 11.6 Å². The predicted molar refractivity (Wildman–Crippen MR) is 90.7 cm³/mol. The number of para-hydroxylation sites is 1. The van der Waals surface area contributed by atoms with Gasteiger partial charge in [0, 0.05) is 5.69 Å². The normalized spacial score (nSPS) is 11.8. The van der Waals surface area contributed by atoms with Gasteiger partial charge >= 0.3 is 0 Å². The third kappa shape index (κ3) is 4.70. The van der Waals surface area contributed by atoms with E-state index >= 15 is 0 Å². The molecule has 1 N–H and O–H groups in total. The largest absolute Gasteiger partial charge is 0.483 e. The van der Waals surface area contributed by atoms with Crippen molar-refractivity contribution >= 4 is 23.2 Å². The summed E-state index contributed by atoms with van der Waals surface area (Å²) in [5, 5.41) is 2.59. The van der Waals surface area contributed by atoms with Gasteiger partial charge in [0.05, 0.1) is 5.02 Å². The van der Waals surface area contributed by atoms with E-state index in [0.717, 1.165) is 12.0 Å². The number of amides is 1. The number of anilines is 1. The van der Waals surface area contributed by atoms with Gasteiger partial charge in [0.2, 0.25) is 0 Å². The van der Waals surface area contributed by atoms with Crippen LogP contribution in [0.1, 0.15) is 31.7 Å². The number of carbonyl (C=O) groups is 1. The van der Waals surface area contributed by atoms with E-state index in [0.29, 0.717) is 17.4 Å².